The molecule has 0 bridgehead atoms. The van der Waals surface area contributed by atoms with E-state index >= 15 is 0 Å². The lowest BCUT2D eigenvalue weighted by molar-refractivity contribution is -0.137. The minimum Gasteiger partial charge on any atom is -0.256 e. The summed E-state index contributed by atoms with van der Waals surface area (Å²) in [6.45, 7) is 0. The van der Waals surface area contributed by atoms with Crippen molar-refractivity contribution in [2.24, 2.45) is 0 Å². The molecule has 0 aliphatic heterocycles. The molecule has 0 N–H and O–H groups in total. The molecule has 0 radical (unpaired) electrons. The third-order valence-corrected chi connectivity index (χ3v) is 5.63. The number of rotatable bonds is 3. The first-order valence-corrected chi connectivity index (χ1v) is 10.3. The van der Waals surface area contributed by atoms with Crippen molar-refractivity contribution in [1.82, 2.24) is 4.98 Å². The maximum Gasteiger partial charge on any atom is 0.416 e. The number of alkyl halides is 3. The van der Waals surface area contributed by atoms with E-state index in [2.05, 4.69) is 4.98 Å². The molecule has 5 heteroatoms. The van der Waals surface area contributed by atoms with Gasteiger partial charge in [0.05, 0.1) is 11.1 Å². The van der Waals surface area contributed by atoms with Crippen LogP contribution in [0.2, 0.25) is 0 Å². The molecule has 1 nitrogen and oxygen atoms in total. The lowest BCUT2D eigenvalue weighted by atomic mass is 9.99. The molecular weight excluding hydrogens is 426 g/mol. The molecule has 0 unspecified atom stereocenters. The minimum atomic E-state index is -4.34. The van der Waals surface area contributed by atoms with E-state index in [1.54, 1.807) is 18.3 Å². The molecule has 0 aliphatic carbocycles. The molecule has 33 heavy (non-hydrogen) atoms. The highest BCUT2D eigenvalue weighted by molar-refractivity contribution is 5.87. The van der Waals surface area contributed by atoms with Gasteiger partial charge in [0.1, 0.15) is 5.82 Å². The van der Waals surface area contributed by atoms with Crippen LogP contribution in [0.1, 0.15) is 5.56 Å². The van der Waals surface area contributed by atoms with Crippen LogP contribution in [-0.4, -0.2) is 4.98 Å². The topological polar surface area (TPSA) is 12.9 Å². The minimum absolute atomic E-state index is 0.272. The summed E-state index contributed by atoms with van der Waals surface area (Å²) in [4.78, 5) is 4.59. The van der Waals surface area contributed by atoms with E-state index in [4.69, 9.17) is 0 Å². The van der Waals surface area contributed by atoms with Crippen LogP contribution < -0.4 is 0 Å². The predicted molar refractivity (Wildman–Crippen MR) is 123 cm³/mol. The highest BCUT2D eigenvalue weighted by Crippen LogP contribution is 2.32. The van der Waals surface area contributed by atoms with E-state index in [1.165, 1.54) is 24.3 Å². The van der Waals surface area contributed by atoms with E-state index in [9.17, 15) is 17.6 Å². The zero-order chi connectivity index (χ0) is 23.0. The number of pyridine rings is 1. The normalized spacial score (nSPS) is 11.6. The largest absolute Gasteiger partial charge is 0.416 e. The summed E-state index contributed by atoms with van der Waals surface area (Å²) >= 11 is 0. The van der Waals surface area contributed by atoms with Gasteiger partial charge in [-0.3, -0.25) is 4.98 Å². The Morgan fingerprint density at radius 1 is 0.515 bits per heavy atom. The van der Waals surface area contributed by atoms with E-state index in [-0.39, 0.29) is 5.82 Å². The first-order chi connectivity index (χ1) is 15.9. The number of benzene rings is 4. The van der Waals surface area contributed by atoms with Crippen LogP contribution >= 0.6 is 0 Å². The Bertz CT molecular complexity index is 1420. The monoisotopic (exact) mass is 443 g/mol. The van der Waals surface area contributed by atoms with Crippen LogP contribution in [0, 0.1) is 5.82 Å². The number of halogens is 4. The zero-order valence-electron chi connectivity index (χ0n) is 17.3. The van der Waals surface area contributed by atoms with Gasteiger partial charge < -0.3 is 0 Å². The van der Waals surface area contributed by atoms with Gasteiger partial charge in [0.15, 0.2) is 0 Å². The summed E-state index contributed by atoms with van der Waals surface area (Å²) in [5.74, 6) is -0.272. The van der Waals surface area contributed by atoms with Crippen molar-refractivity contribution in [2.75, 3.05) is 0 Å². The number of aromatic nitrogens is 1. The first-order valence-electron chi connectivity index (χ1n) is 10.3. The van der Waals surface area contributed by atoms with Gasteiger partial charge >= 0.3 is 6.18 Å². The van der Waals surface area contributed by atoms with Crippen molar-refractivity contribution in [3.8, 4) is 33.4 Å². The van der Waals surface area contributed by atoms with E-state index in [0.717, 1.165) is 56.4 Å². The second-order valence-corrected chi connectivity index (χ2v) is 7.79. The van der Waals surface area contributed by atoms with Gasteiger partial charge in [0.2, 0.25) is 0 Å². The Kier molecular flexibility index (Phi) is 5.17. The Balaban J connectivity index is 1.40. The fourth-order valence-electron chi connectivity index (χ4n) is 3.81. The number of hydrogen-bond acceptors (Lipinski definition) is 1. The molecule has 5 rings (SSSR count). The summed E-state index contributed by atoms with van der Waals surface area (Å²) in [6, 6.07) is 27.1. The fourth-order valence-corrected chi connectivity index (χ4v) is 3.81. The van der Waals surface area contributed by atoms with E-state index in [0.29, 0.717) is 0 Å². The molecule has 4 aromatic carbocycles. The van der Waals surface area contributed by atoms with Crippen LogP contribution in [0.4, 0.5) is 17.6 Å². The molecule has 162 valence electrons. The second kappa shape index (κ2) is 8.17. The summed E-state index contributed by atoms with van der Waals surface area (Å²) in [7, 11) is 0. The quantitative estimate of drug-likeness (QED) is 0.255. The Morgan fingerprint density at radius 2 is 1.00 bits per heavy atom. The lowest BCUT2D eigenvalue weighted by Crippen LogP contribution is -2.03. The summed E-state index contributed by atoms with van der Waals surface area (Å²) in [5.41, 5.74) is 5.52. The van der Waals surface area contributed by atoms with Crippen LogP contribution in [0.15, 0.2) is 103 Å². The highest BCUT2D eigenvalue weighted by Gasteiger charge is 2.29. The Hall–Kier alpha value is -3.99. The van der Waals surface area contributed by atoms with E-state index < -0.39 is 11.7 Å². The van der Waals surface area contributed by atoms with Crippen molar-refractivity contribution in [2.45, 2.75) is 6.18 Å². The number of fused-ring (bicyclic) bond motifs is 1. The summed E-state index contributed by atoms with van der Waals surface area (Å²) < 4.78 is 51.5. The SMILES string of the molecule is Fc1ccc(-c2ccc3cc(-c4ccc(-c5ccc(C(F)(F)F)cc5)cc4)cnc3c2)cc1. The maximum absolute atomic E-state index is 13.2. The van der Waals surface area contributed by atoms with Crippen LogP contribution in [0.25, 0.3) is 44.3 Å². The third kappa shape index (κ3) is 4.35. The van der Waals surface area contributed by atoms with Crippen LogP contribution in [0.3, 0.4) is 0 Å². The van der Waals surface area contributed by atoms with Crippen molar-refractivity contribution in [3.05, 3.63) is 115 Å². The van der Waals surface area contributed by atoms with Gasteiger partial charge in [-0.05, 0) is 64.2 Å². The van der Waals surface area contributed by atoms with Crippen molar-refractivity contribution in [3.63, 3.8) is 0 Å². The third-order valence-electron chi connectivity index (χ3n) is 5.63. The summed E-state index contributed by atoms with van der Waals surface area (Å²) in [6.07, 6.45) is -2.55. The van der Waals surface area contributed by atoms with Crippen molar-refractivity contribution < 1.29 is 17.6 Å². The predicted octanol–water partition coefficient (Wildman–Crippen LogP) is 8.39. The van der Waals surface area contributed by atoms with Gasteiger partial charge in [0.25, 0.3) is 0 Å². The highest BCUT2D eigenvalue weighted by atomic mass is 19.4. The van der Waals surface area contributed by atoms with Crippen molar-refractivity contribution in [1.29, 1.82) is 0 Å². The zero-order valence-corrected chi connectivity index (χ0v) is 17.3. The Labute approximate surface area is 188 Å². The molecule has 0 saturated heterocycles. The van der Waals surface area contributed by atoms with Gasteiger partial charge in [0, 0.05) is 17.1 Å². The molecule has 0 aliphatic rings. The molecule has 1 heterocycles. The molecule has 0 saturated carbocycles. The van der Waals surface area contributed by atoms with Crippen LogP contribution in [-0.2, 0) is 6.18 Å². The number of nitrogens with zero attached hydrogens (tertiary/aromatic N) is 1. The summed E-state index contributed by atoms with van der Waals surface area (Å²) in [5, 5.41) is 0.977. The molecule has 0 fully saturated rings. The van der Waals surface area contributed by atoms with Gasteiger partial charge in [-0.1, -0.05) is 60.7 Å². The molecular formula is C28H17F4N. The van der Waals surface area contributed by atoms with Crippen LogP contribution in [0.5, 0.6) is 0 Å². The average Bonchev–Trinajstić information content (AvgIpc) is 2.83. The van der Waals surface area contributed by atoms with Gasteiger partial charge in [-0.25, -0.2) is 4.39 Å². The van der Waals surface area contributed by atoms with Crippen molar-refractivity contribution >= 4 is 10.9 Å². The fraction of sp³-hybridized carbons (Fsp3) is 0.0357. The average molecular weight is 443 g/mol. The maximum atomic E-state index is 13.2. The molecule has 0 atom stereocenters. The standard InChI is InChI=1S/C28H17F4N/c29-26-13-9-20(10-14-26)22-5-6-23-15-24(17-33-27(23)16-22)21-3-1-18(2-4-21)19-7-11-25(12-8-19)28(30,31)32/h1-17H. The van der Waals surface area contributed by atoms with Gasteiger partial charge in [-0.2, -0.15) is 13.2 Å². The first kappa shape index (κ1) is 20.9. The lowest BCUT2D eigenvalue weighted by Gasteiger charge is -2.09. The smallest absolute Gasteiger partial charge is 0.256 e. The number of hydrogen-bond donors (Lipinski definition) is 0. The van der Waals surface area contributed by atoms with Gasteiger partial charge in [-0.15, -0.1) is 0 Å². The molecule has 5 aromatic rings. The molecule has 0 spiro atoms. The second-order valence-electron chi connectivity index (χ2n) is 7.79. The Morgan fingerprint density at radius 3 is 1.61 bits per heavy atom. The van der Waals surface area contributed by atoms with E-state index in [1.807, 2.05) is 48.5 Å². The molecule has 0 amide bonds. The molecule has 1 aromatic heterocycles.